The van der Waals surface area contributed by atoms with Crippen LogP contribution in [0.15, 0.2) is 35.2 Å². The summed E-state index contributed by atoms with van der Waals surface area (Å²) in [6, 6.07) is 8.69. The number of benzene rings is 2. The van der Waals surface area contributed by atoms with Gasteiger partial charge in [-0.2, -0.15) is 0 Å². The van der Waals surface area contributed by atoms with Crippen LogP contribution in [0, 0.1) is 0 Å². The van der Waals surface area contributed by atoms with Crippen LogP contribution in [0.4, 0.5) is 4.79 Å². The molecule has 2 aromatic rings. The Kier molecular flexibility index (Phi) is 7.76. The summed E-state index contributed by atoms with van der Waals surface area (Å²) in [5.74, 6) is 0.303. The summed E-state index contributed by atoms with van der Waals surface area (Å²) in [6.07, 6.45) is 2.42. The number of carbonyl (C=O) groups is 2. The first kappa shape index (κ1) is 24.0. The molecule has 3 rings (SSSR count). The number of fused-ring (bicyclic) bond motifs is 1. The fraction of sp³-hybridized carbons (Fsp3) is 0.364. The topological polar surface area (TPSA) is 127 Å². The largest absolute Gasteiger partial charge is 0.492 e. The Morgan fingerprint density at radius 2 is 1.97 bits per heavy atom. The van der Waals surface area contributed by atoms with E-state index < -0.39 is 16.1 Å². The molecule has 10 heteroatoms. The van der Waals surface area contributed by atoms with E-state index in [1.165, 1.54) is 11.0 Å². The minimum Gasteiger partial charge on any atom is -0.492 e. The SMILES string of the molecule is NS(=O)(=O)c1cc(-c2ccc(Cl)c(CCN(CCCCC=O)C(=O)O)c2)cc2c1OCC2. The standard InChI is InChI=1S/C22H25ClN2O6S/c23-19-5-4-15(12-16(19)6-9-25(22(27)28)8-2-1-3-10-26)18-13-17-7-11-31-21(17)20(14-18)32(24,29)30/h4-5,10,12-14H,1-3,6-9,11H2,(H,27,28)(H2,24,29,30). The third-order valence-corrected chi connectivity index (χ3v) is 6.64. The molecular weight excluding hydrogens is 456 g/mol. The molecule has 32 heavy (non-hydrogen) atoms. The van der Waals surface area contributed by atoms with E-state index in [2.05, 4.69) is 0 Å². The van der Waals surface area contributed by atoms with Crippen LogP contribution >= 0.6 is 11.6 Å². The van der Waals surface area contributed by atoms with Crippen LogP contribution in [0.3, 0.4) is 0 Å². The quantitative estimate of drug-likeness (QED) is 0.396. The van der Waals surface area contributed by atoms with Crippen LogP contribution in [0.1, 0.15) is 30.4 Å². The number of nitrogens with two attached hydrogens (primary N) is 1. The normalized spacial score (nSPS) is 12.8. The molecule has 3 N–H and O–H groups in total. The summed E-state index contributed by atoms with van der Waals surface area (Å²) in [4.78, 5) is 23.2. The molecule has 0 saturated carbocycles. The molecule has 8 nitrogen and oxygen atoms in total. The molecule has 0 atom stereocenters. The second-order valence-electron chi connectivity index (χ2n) is 7.59. The number of halogens is 1. The monoisotopic (exact) mass is 480 g/mol. The van der Waals surface area contributed by atoms with E-state index in [0.717, 1.165) is 23.0 Å². The number of carbonyl (C=O) groups excluding carboxylic acids is 1. The lowest BCUT2D eigenvalue weighted by atomic mass is 9.99. The van der Waals surface area contributed by atoms with E-state index in [1.807, 2.05) is 12.1 Å². The summed E-state index contributed by atoms with van der Waals surface area (Å²) in [6.45, 7) is 0.980. The van der Waals surface area contributed by atoms with Crippen molar-refractivity contribution < 1.29 is 27.9 Å². The van der Waals surface area contributed by atoms with E-state index in [-0.39, 0.29) is 11.4 Å². The van der Waals surface area contributed by atoms with E-state index >= 15 is 0 Å². The van der Waals surface area contributed by atoms with Crippen LogP contribution in [0.2, 0.25) is 5.02 Å². The predicted molar refractivity (Wildman–Crippen MR) is 121 cm³/mol. The van der Waals surface area contributed by atoms with Gasteiger partial charge in [0, 0.05) is 31.0 Å². The molecule has 1 heterocycles. The molecule has 2 aromatic carbocycles. The van der Waals surface area contributed by atoms with Gasteiger partial charge < -0.3 is 19.5 Å². The number of sulfonamides is 1. The third-order valence-electron chi connectivity index (χ3n) is 5.36. The predicted octanol–water partition coefficient (Wildman–Crippen LogP) is 3.48. The first-order valence-corrected chi connectivity index (χ1v) is 12.2. The maximum Gasteiger partial charge on any atom is 0.407 e. The van der Waals surface area contributed by atoms with Gasteiger partial charge in [-0.1, -0.05) is 17.7 Å². The van der Waals surface area contributed by atoms with Crippen molar-refractivity contribution >= 4 is 34.0 Å². The van der Waals surface area contributed by atoms with Crippen molar-refractivity contribution in [3.8, 4) is 16.9 Å². The van der Waals surface area contributed by atoms with Gasteiger partial charge in [-0.05, 0) is 65.8 Å². The van der Waals surface area contributed by atoms with Gasteiger partial charge in [-0.15, -0.1) is 0 Å². The average molecular weight is 481 g/mol. The lowest BCUT2D eigenvalue weighted by molar-refractivity contribution is -0.107. The van der Waals surface area contributed by atoms with Gasteiger partial charge in [0.25, 0.3) is 0 Å². The van der Waals surface area contributed by atoms with Gasteiger partial charge in [0.1, 0.15) is 16.9 Å². The fourth-order valence-corrected chi connectivity index (χ4v) is 4.64. The lowest BCUT2D eigenvalue weighted by Gasteiger charge is -2.19. The van der Waals surface area contributed by atoms with Crippen LogP contribution < -0.4 is 9.88 Å². The van der Waals surface area contributed by atoms with Crippen LogP contribution in [0.5, 0.6) is 5.75 Å². The van der Waals surface area contributed by atoms with Crippen LogP contribution in [-0.2, 0) is 27.7 Å². The zero-order valence-corrected chi connectivity index (χ0v) is 19.0. The zero-order valence-electron chi connectivity index (χ0n) is 17.4. The number of hydrogen-bond acceptors (Lipinski definition) is 5. The Hall–Kier alpha value is -2.62. The molecule has 0 saturated heterocycles. The number of aldehydes is 1. The van der Waals surface area contributed by atoms with Crippen molar-refractivity contribution in [2.45, 2.75) is 37.0 Å². The van der Waals surface area contributed by atoms with Gasteiger partial charge in [0.15, 0.2) is 0 Å². The molecule has 1 aliphatic rings. The van der Waals surface area contributed by atoms with E-state index in [4.69, 9.17) is 21.5 Å². The molecule has 1 amide bonds. The highest BCUT2D eigenvalue weighted by atomic mass is 35.5. The Labute approximate surface area is 192 Å². The Morgan fingerprint density at radius 1 is 1.19 bits per heavy atom. The Bertz CT molecular complexity index is 1120. The number of carboxylic acid groups (broad SMARTS) is 1. The molecule has 0 fully saturated rings. The highest BCUT2D eigenvalue weighted by molar-refractivity contribution is 7.89. The maximum atomic E-state index is 12.1. The smallest absolute Gasteiger partial charge is 0.407 e. The molecule has 0 bridgehead atoms. The molecular formula is C22H25ClN2O6S. The molecule has 0 spiro atoms. The highest BCUT2D eigenvalue weighted by Crippen LogP contribution is 2.37. The van der Waals surface area contributed by atoms with Crippen LogP contribution in [0.25, 0.3) is 11.1 Å². The van der Waals surface area contributed by atoms with Crippen molar-refractivity contribution in [1.29, 1.82) is 0 Å². The second-order valence-corrected chi connectivity index (χ2v) is 9.53. The first-order chi connectivity index (χ1) is 15.2. The van der Waals surface area contributed by atoms with Gasteiger partial charge in [0.05, 0.1) is 6.61 Å². The third kappa shape index (κ3) is 5.79. The molecule has 0 aromatic heterocycles. The number of primary sulfonamides is 1. The summed E-state index contributed by atoms with van der Waals surface area (Å²) in [7, 11) is -3.97. The van der Waals surface area contributed by atoms with Crippen molar-refractivity contribution in [2.75, 3.05) is 19.7 Å². The highest BCUT2D eigenvalue weighted by Gasteiger charge is 2.24. The second kappa shape index (κ2) is 10.3. The summed E-state index contributed by atoms with van der Waals surface area (Å²) in [5, 5.41) is 15.3. The molecule has 1 aliphatic heterocycles. The minimum atomic E-state index is -3.97. The van der Waals surface area contributed by atoms with Crippen molar-refractivity contribution in [3.63, 3.8) is 0 Å². The van der Waals surface area contributed by atoms with Gasteiger partial charge in [0.2, 0.25) is 10.0 Å². The summed E-state index contributed by atoms with van der Waals surface area (Å²) in [5.41, 5.74) is 2.93. The Balaban J connectivity index is 1.83. The van der Waals surface area contributed by atoms with Gasteiger partial charge in [-0.25, -0.2) is 18.4 Å². The molecule has 0 radical (unpaired) electrons. The lowest BCUT2D eigenvalue weighted by Crippen LogP contribution is -2.32. The minimum absolute atomic E-state index is 0.0497. The number of hydrogen-bond donors (Lipinski definition) is 2. The van der Waals surface area contributed by atoms with E-state index in [1.54, 1.807) is 12.1 Å². The number of unbranched alkanes of at least 4 members (excludes halogenated alkanes) is 2. The van der Waals surface area contributed by atoms with Crippen molar-refractivity contribution in [3.05, 3.63) is 46.5 Å². The van der Waals surface area contributed by atoms with E-state index in [0.29, 0.717) is 61.6 Å². The van der Waals surface area contributed by atoms with Crippen molar-refractivity contribution in [1.82, 2.24) is 4.90 Å². The number of rotatable bonds is 10. The van der Waals surface area contributed by atoms with Crippen molar-refractivity contribution in [2.24, 2.45) is 5.14 Å². The van der Waals surface area contributed by atoms with Crippen LogP contribution in [-0.4, -0.2) is 50.5 Å². The van der Waals surface area contributed by atoms with E-state index in [9.17, 15) is 23.1 Å². The average Bonchev–Trinajstić information content (AvgIpc) is 3.21. The summed E-state index contributed by atoms with van der Waals surface area (Å²) >= 11 is 6.35. The Morgan fingerprint density at radius 3 is 2.66 bits per heavy atom. The maximum absolute atomic E-state index is 12.1. The number of ether oxygens (including phenoxy) is 1. The number of nitrogens with zero attached hydrogens (tertiary/aromatic N) is 1. The van der Waals surface area contributed by atoms with Gasteiger partial charge in [-0.3, -0.25) is 0 Å². The zero-order chi connectivity index (χ0) is 23.3. The molecule has 0 unspecified atom stereocenters. The first-order valence-electron chi connectivity index (χ1n) is 10.2. The molecule has 0 aliphatic carbocycles. The van der Waals surface area contributed by atoms with Gasteiger partial charge >= 0.3 is 6.09 Å². The molecule has 172 valence electrons. The number of amides is 1. The summed E-state index contributed by atoms with van der Waals surface area (Å²) < 4.78 is 29.6. The fourth-order valence-electron chi connectivity index (χ4n) is 3.69.